The van der Waals surface area contributed by atoms with Crippen molar-refractivity contribution in [1.82, 2.24) is 0 Å². The third kappa shape index (κ3) is 40.1. The Bertz CT molecular complexity index is 728. The van der Waals surface area contributed by atoms with Gasteiger partial charge < -0.3 is 25.5 Å². The highest BCUT2D eigenvalue weighted by Gasteiger charge is 2.16. The first-order chi connectivity index (χ1) is 22.4. The molecule has 1 atom stereocenters. The first kappa shape index (κ1) is 46.2. The van der Waals surface area contributed by atoms with Gasteiger partial charge in [-0.3, -0.25) is 9.59 Å². The van der Waals surface area contributed by atoms with Gasteiger partial charge in [0.15, 0.2) is 0 Å². The minimum Gasteiger partial charge on any atom is -0.481 e. The summed E-state index contributed by atoms with van der Waals surface area (Å²) >= 11 is 0. The molecule has 7 nitrogen and oxygen atoms in total. The van der Waals surface area contributed by atoms with Crippen LogP contribution < -0.4 is 0 Å². The maximum atomic E-state index is 11.6. The molecule has 0 saturated heterocycles. The number of carbonyl (C=O) groups is 2. The zero-order valence-electron chi connectivity index (χ0n) is 29.5. The highest BCUT2D eigenvalue weighted by atomic mass is 16.4. The summed E-state index contributed by atoms with van der Waals surface area (Å²) in [6.07, 6.45) is 41.6. The molecule has 0 amide bonds. The van der Waals surface area contributed by atoms with Crippen LogP contribution in [0.5, 0.6) is 0 Å². The Labute approximate surface area is 282 Å². The Morgan fingerprint density at radius 1 is 0.522 bits per heavy atom. The van der Waals surface area contributed by atoms with Gasteiger partial charge in [-0.15, -0.1) is 0 Å². The van der Waals surface area contributed by atoms with E-state index < -0.39 is 18.0 Å². The summed E-state index contributed by atoms with van der Waals surface area (Å²) in [5, 5.41) is 42.2. The van der Waals surface area contributed by atoms with Gasteiger partial charge in [-0.1, -0.05) is 127 Å². The summed E-state index contributed by atoms with van der Waals surface area (Å²) in [7, 11) is 0. The Hall–Kier alpha value is -1.96. The number of aliphatic hydroxyl groups excluding tert-OH is 3. The predicted molar refractivity (Wildman–Crippen MR) is 192 cm³/mol. The summed E-state index contributed by atoms with van der Waals surface area (Å²) < 4.78 is 0. The molecule has 1 unspecified atom stereocenters. The first-order valence-electron chi connectivity index (χ1n) is 18.7. The van der Waals surface area contributed by atoms with Crippen molar-refractivity contribution in [1.29, 1.82) is 0 Å². The minimum atomic E-state index is -0.954. The van der Waals surface area contributed by atoms with Crippen molar-refractivity contribution in [3.05, 3.63) is 36.5 Å². The molecule has 0 aliphatic carbocycles. The molecule has 0 bridgehead atoms. The minimum absolute atomic E-state index is 0.164. The topological polar surface area (TPSA) is 135 Å². The molecule has 0 aliphatic heterocycles. The number of unbranched alkanes of at least 4 members (excludes halogenated alkanes) is 18. The van der Waals surface area contributed by atoms with Gasteiger partial charge >= 0.3 is 11.9 Å². The van der Waals surface area contributed by atoms with Crippen molar-refractivity contribution < 1.29 is 35.1 Å². The summed E-state index contributed by atoms with van der Waals surface area (Å²) in [5.74, 6) is -1.46. The van der Waals surface area contributed by atoms with Crippen LogP contribution in [0.15, 0.2) is 36.5 Å². The molecule has 7 heteroatoms. The lowest BCUT2D eigenvalue weighted by Gasteiger charge is -2.11. The smallest absolute Gasteiger partial charge is 0.306 e. The van der Waals surface area contributed by atoms with Gasteiger partial charge in [0.1, 0.15) is 6.10 Å². The number of carboxylic acids is 2. The van der Waals surface area contributed by atoms with E-state index in [-0.39, 0.29) is 19.1 Å². The highest BCUT2D eigenvalue weighted by molar-refractivity contribution is 5.69. The SMILES string of the molecule is CCCCCCCC/C=C\CCCCCCC(CCCCC/C=C\C/C=C\CCCCCCCC(=O)O)C(=O)O.OCC(O)CO. The molecule has 0 heterocycles. The van der Waals surface area contributed by atoms with Gasteiger partial charge in [0, 0.05) is 6.42 Å². The van der Waals surface area contributed by atoms with Crippen LogP contribution in [0.2, 0.25) is 0 Å². The van der Waals surface area contributed by atoms with Crippen LogP contribution in [-0.2, 0) is 9.59 Å². The molecule has 270 valence electrons. The molecule has 0 aromatic heterocycles. The molecular formula is C39H72O7. The molecule has 0 rings (SSSR count). The molecule has 0 saturated carbocycles. The quantitative estimate of drug-likeness (QED) is 0.0352. The second-order valence-electron chi connectivity index (χ2n) is 12.6. The van der Waals surface area contributed by atoms with Crippen LogP contribution in [-0.4, -0.2) is 56.8 Å². The molecule has 0 aromatic rings. The van der Waals surface area contributed by atoms with Crippen molar-refractivity contribution in [2.75, 3.05) is 13.2 Å². The Morgan fingerprint density at radius 2 is 0.891 bits per heavy atom. The zero-order chi connectivity index (χ0) is 34.4. The molecule has 46 heavy (non-hydrogen) atoms. The summed E-state index contributed by atoms with van der Waals surface area (Å²) in [4.78, 5) is 22.1. The first-order valence-corrected chi connectivity index (χ1v) is 18.7. The van der Waals surface area contributed by atoms with Crippen molar-refractivity contribution in [2.24, 2.45) is 5.92 Å². The van der Waals surface area contributed by atoms with Crippen LogP contribution in [0.25, 0.3) is 0 Å². The summed E-state index contributed by atoms with van der Waals surface area (Å²) in [5.41, 5.74) is 0. The standard InChI is InChI=1S/C36H64O4.C3H8O3/c1-2-3-4-5-6-7-8-9-13-16-19-22-25-28-31-34(36(39)40)32-29-26-23-20-17-14-11-10-12-15-18-21-24-27-30-33-35(37)38;4-1-3(6)2-5/h9-10,12-14,17,34H,2-8,11,15-16,18-33H2,1H3,(H,37,38)(H,39,40);3-6H,1-2H2/b12-10-,13-9-,17-14-;. The molecule has 5 N–H and O–H groups in total. The van der Waals surface area contributed by atoms with E-state index >= 15 is 0 Å². The van der Waals surface area contributed by atoms with Crippen LogP contribution in [0.3, 0.4) is 0 Å². The van der Waals surface area contributed by atoms with Gasteiger partial charge in [-0.25, -0.2) is 0 Å². The lowest BCUT2D eigenvalue weighted by Crippen LogP contribution is -2.15. The van der Waals surface area contributed by atoms with Crippen molar-refractivity contribution in [3.63, 3.8) is 0 Å². The van der Waals surface area contributed by atoms with E-state index in [0.717, 1.165) is 83.5 Å². The largest absolute Gasteiger partial charge is 0.481 e. The van der Waals surface area contributed by atoms with Crippen LogP contribution in [0, 0.1) is 5.92 Å². The fourth-order valence-electron chi connectivity index (χ4n) is 5.14. The number of rotatable bonds is 33. The molecule has 0 fully saturated rings. The second kappa shape index (κ2) is 39.2. The van der Waals surface area contributed by atoms with Gasteiger partial charge in [-0.2, -0.15) is 0 Å². The van der Waals surface area contributed by atoms with E-state index in [1.54, 1.807) is 0 Å². The van der Waals surface area contributed by atoms with E-state index in [1.807, 2.05) is 0 Å². The number of aliphatic carboxylic acids is 2. The predicted octanol–water partition coefficient (Wildman–Crippen LogP) is 9.93. The number of hydrogen-bond acceptors (Lipinski definition) is 5. The van der Waals surface area contributed by atoms with Crippen molar-refractivity contribution >= 4 is 11.9 Å². The van der Waals surface area contributed by atoms with Gasteiger partial charge in [0.25, 0.3) is 0 Å². The van der Waals surface area contributed by atoms with E-state index in [4.69, 9.17) is 20.4 Å². The van der Waals surface area contributed by atoms with Crippen LogP contribution >= 0.6 is 0 Å². The number of allylic oxidation sites excluding steroid dienone is 6. The number of aliphatic hydroxyl groups is 3. The molecule has 0 aromatic carbocycles. The Balaban J connectivity index is 0. The maximum absolute atomic E-state index is 11.6. The lowest BCUT2D eigenvalue weighted by molar-refractivity contribution is -0.142. The lowest BCUT2D eigenvalue weighted by atomic mass is 9.94. The zero-order valence-corrected chi connectivity index (χ0v) is 29.5. The van der Waals surface area contributed by atoms with Crippen molar-refractivity contribution in [3.8, 4) is 0 Å². The molecule has 0 spiro atoms. The summed E-state index contributed by atoms with van der Waals surface area (Å²) in [6, 6.07) is 0. The van der Waals surface area contributed by atoms with Crippen LogP contribution in [0.1, 0.15) is 174 Å². The van der Waals surface area contributed by atoms with Gasteiger partial charge in [-0.05, 0) is 77.0 Å². The average Bonchev–Trinajstić information content (AvgIpc) is 3.04. The Kier molecular flexibility index (Phi) is 39.4. The molecule has 0 aliphatic rings. The second-order valence-corrected chi connectivity index (χ2v) is 12.6. The van der Waals surface area contributed by atoms with E-state index in [0.29, 0.717) is 6.42 Å². The number of carboxylic acid groups (broad SMARTS) is 2. The number of hydrogen-bond donors (Lipinski definition) is 5. The third-order valence-electron chi connectivity index (χ3n) is 8.13. The Morgan fingerprint density at radius 3 is 1.28 bits per heavy atom. The van der Waals surface area contributed by atoms with E-state index in [2.05, 4.69) is 43.4 Å². The van der Waals surface area contributed by atoms with E-state index in [1.165, 1.54) is 77.0 Å². The maximum Gasteiger partial charge on any atom is 0.306 e. The van der Waals surface area contributed by atoms with E-state index in [9.17, 15) is 14.7 Å². The fraction of sp³-hybridized carbons (Fsp3) is 0.795. The normalized spacial score (nSPS) is 12.4. The third-order valence-corrected chi connectivity index (χ3v) is 8.13. The van der Waals surface area contributed by atoms with Crippen molar-refractivity contribution in [2.45, 2.75) is 180 Å². The van der Waals surface area contributed by atoms with Gasteiger partial charge in [0.2, 0.25) is 0 Å². The average molecular weight is 653 g/mol. The fourth-order valence-corrected chi connectivity index (χ4v) is 5.14. The highest BCUT2D eigenvalue weighted by Crippen LogP contribution is 2.19. The van der Waals surface area contributed by atoms with Crippen LogP contribution in [0.4, 0.5) is 0 Å². The van der Waals surface area contributed by atoms with Gasteiger partial charge in [0.05, 0.1) is 19.1 Å². The molecular weight excluding hydrogens is 580 g/mol. The summed E-state index contributed by atoms with van der Waals surface area (Å²) in [6.45, 7) is 1.53. The monoisotopic (exact) mass is 653 g/mol. The molecule has 0 radical (unpaired) electrons.